The highest BCUT2D eigenvalue weighted by molar-refractivity contribution is 6.20. The molecule has 0 aromatic heterocycles. The molecule has 0 radical (unpaired) electrons. The molecule has 0 saturated carbocycles. The highest BCUT2D eigenvalue weighted by atomic mass is 16.3. The van der Waals surface area contributed by atoms with Gasteiger partial charge in [-0.15, -0.1) is 0 Å². The summed E-state index contributed by atoms with van der Waals surface area (Å²) < 4.78 is 0. The second-order valence-electron chi connectivity index (χ2n) is 9.72. The number of rotatable bonds is 4. The lowest BCUT2D eigenvalue weighted by Crippen LogP contribution is -2.45. The molecule has 0 atom stereocenters. The molecule has 35 heavy (non-hydrogen) atoms. The Hall–Kier alpha value is -3.17. The molecule has 4 rings (SSSR count). The van der Waals surface area contributed by atoms with Crippen LogP contribution in [0.3, 0.4) is 0 Å². The number of piperidine rings is 1. The molecule has 0 bridgehead atoms. The average Bonchev–Trinajstić information content (AvgIpc) is 2.87. The van der Waals surface area contributed by atoms with Crippen molar-refractivity contribution in [3.63, 3.8) is 0 Å². The molecule has 184 valence electrons. The fourth-order valence-electron chi connectivity index (χ4n) is 4.56. The number of benzene rings is 3. The first-order valence-electron chi connectivity index (χ1n) is 12.6. The van der Waals surface area contributed by atoms with Gasteiger partial charge in [0.2, 0.25) is 0 Å². The molecule has 1 saturated heterocycles. The number of aliphatic hydroxyl groups is 1. The van der Waals surface area contributed by atoms with E-state index in [0.29, 0.717) is 25.9 Å². The van der Waals surface area contributed by atoms with Crippen molar-refractivity contribution in [3.8, 4) is 0 Å². The van der Waals surface area contributed by atoms with Gasteiger partial charge in [-0.1, -0.05) is 96.9 Å². The molecule has 1 aliphatic rings. The van der Waals surface area contributed by atoms with Gasteiger partial charge in [-0.05, 0) is 69.2 Å². The van der Waals surface area contributed by atoms with Crippen LogP contribution in [0.2, 0.25) is 0 Å². The van der Waals surface area contributed by atoms with Crippen LogP contribution in [0, 0.1) is 13.8 Å². The van der Waals surface area contributed by atoms with Crippen LogP contribution >= 0.6 is 0 Å². The molecule has 1 N–H and O–H groups in total. The van der Waals surface area contributed by atoms with E-state index in [0.717, 1.165) is 34.3 Å². The van der Waals surface area contributed by atoms with Crippen molar-refractivity contribution < 1.29 is 9.90 Å². The molecule has 1 heterocycles. The SMILES string of the molecule is CC(C)=C(C(=O)N1CCC(O)(c2ccc(C)cc2)CC1)c1ccccc1C.CCc1ccccc1. The Morgan fingerprint density at radius 3 is 1.94 bits per heavy atom. The Labute approximate surface area is 211 Å². The van der Waals surface area contributed by atoms with E-state index < -0.39 is 5.60 Å². The first-order chi connectivity index (χ1) is 16.7. The number of carbonyl (C=O) groups is 1. The quantitative estimate of drug-likeness (QED) is 0.424. The zero-order valence-corrected chi connectivity index (χ0v) is 21.8. The standard InChI is InChI=1S/C24H29NO2.C8H10/c1-17(2)22(21-8-6-5-7-19(21)4)23(26)25-15-13-24(27,14-16-25)20-11-9-18(3)10-12-20;1-2-8-6-4-3-5-7-8/h5-12,27H,13-16H2,1-4H3;3-7H,2H2,1H3. The van der Waals surface area contributed by atoms with Crippen molar-refractivity contribution in [2.45, 2.75) is 59.5 Å². The summed E-state index contributed by atoms with van der Waals surface area (Å²) in [5.41, 5.74) is 6.60. The monoisotopic (exact) mass is 469 g/mol. The van der Waals surface area contributed by atoms with Crippen LogP contribution in [0.1, 0.15) is 61.4 Å². The predicted molar refractivity (Wildman–Crippen MR) is 146 cm³/mol. The molecule has 0 aliphatic carbocycles. The topological polar surface area (TPSA) is 40.5 Å². The predicted octanol–water partition coefficient (Wildman–Crippen LogP) is 6.86. The third-order valence-corrected chi connectivity index (χ3v) is 6.85. The molecule has 3 nitrogen and oxygen atoms in total. The molecular weight excluding hydrogens is 430 g/mol. The summed E-state index contributed by atoms with van der Waals surface area (Å²) in [5.74, 6) is 0.0651. The zero-order chi connectivity index (χ0) is 25.4. The summed E-state index contributed by atoms with van der Waals surface area (Å²) in [7, 11) is 0. The minimum Gasteiger partial charge on any atom is -0.385 e. The van der Waals surface area contributed by atoms with E-state index in [1.807, 2.05) is 87.2 Å². The zero-order valence-electron chi connectivity index (χ0n) is 21.8. The van der Waals surface area contributed by atoms with Gasteiger partial charge in [-0.2, -0.15) is 0 Å². The van der Waals surface area contributed by atoms with Gasteiger partial charge in [-0.3, -0.25) is 4.79 Å². The van der Waals surface area contributed by atoms with Gasteiger partial charge in [0.1, 0.15) is 0 Å². The van der Waals surface area contributed by atoms with Crippen molar-refractivity contribution in [2.75, 3.05) is 13.1 Å². The molecular formula is C32H39NO2. The number of hydrogen-bond acceptors (Lipinski definition) is 2. The van der Waals surface area contributed by atoms with Crippen molar-refractivity contribution in [1.29, 1.82) is 0 Å². The fourth-order valence-corrected chi connectivity index (χ4v) is 4.56. The summed E-state index contributed by atoms with van der Waals surface area (Å²) in [6.07, 6.45) is 2.26. The van der Waals surface area contributed by atoms with Gasteiger partial charge < -0.3 is 10.0 Å². The smallest absolute Gasteiger partial charge is 0.254 e. The van der Waals surface area contributed by atoms with Crippen molar-refractivity contribution in [1.82, 2.24) is 4.90 Å². The second-order valence-corrected chi connectivity index (χ2v) is 9.72. The first kappa shape index (κ1) is 26.4. The number of nitrogens with zero attached hydrogens (tertiary/aromatic N) is 1. The van der Waals surface area contributed by atoms with Crippen LogP contribution in [0.25, 0.3) is 5.57 Å². The summed E-state index contributed by atoms with van der Waals surface area (Å²) in [5, 5.41) is 11.1. The van der Waals surface area contributed by atoms with E-state index in [1.54, 1.807) is 0 Å². The number of allylic oxidation sites excluding steroid dienone is 1. The van der Waals surface area contributed by atoms with Crippen molar-refractivity contribution >= 4 is 11.5 Å². The van der Waals surface area contributed by atoms with E-state index >= 15 is 0 Å². The largest absolute Gasteiger partial charge is 0.385 e. The highest BCUT2D eigenvalue weighted by Gasteiger charge is 2.36. The molecule has 1 amide bonds. The average molecular weight is 470 g/mol. The molecule has 0 spiro atoms. The van der Waals surface area contributed by atoms with Crippen LogP contribution in [0.15, 0.2) is 84.4 Å². The minimum atomic E-state index is -0.849. The van der Waals surface area contributed by atoms with E-state index in [-0.39, 0.29) is 5.91 Å². The molecule has 3 aromatic rings. The van der Waals surface area contributed by atoms with Crippen molar-refractivity contribution in [2.24, 2.45) is 0 Å². The Balaban J connectivity index is 0.000000363. The van der Waals surface area contributed by atoms with Crippen molar-refractivity contribution in [3.05, 3.63) is 112 Å². The molecule has 1 aliphatic heterocycles. The van der Waals surface area contributed by atoms with Gasteiger partial charge in [0.25, 0.3) is 5.91 Å². The molecule has 3 heteroatoms. The van der Waals surface area contributed by atoms with Crippen LogP contribution in [-0.4, -0.2) is 29.0 Å². The van der Waals surface area contributed by atoms with Gasteiger partial charge >= 0.3 is 0 Å². The summed E-state index contributed by atoms with van der Waals surface area (Å²) in [4.78, 5) is 15.2. The van der Waals surface area contributed by atoms with Crippen LogP contribution in [-0.2, 0) is 16.8 Å². The number of hydrogen-bond donors (Lipinski definition) is 1. The maximum atomic E-state index is 13.3. The summed E-state index contributed by atoms with van der Waals surface area (Å²) >= 11 is 0. The lowest BCUT2D eigenvalue weighted by atomic mass is 9.83. The minimum absolute atomic E-state index is 0.0651. The molecule has 3 aromatic carbocycles. The van der Waals surface area contributed by atoms with E-state index in [9.17, 15) is 9.90 Å². The van der Waals surface area contributed by atoms with Crippen LogP contribution < -0.4 is 0 Å². The van der Waals surface area contributed by atoms with Gasteiger partial charge in [0.15, 0.2) is 0 Å². The Morgan fingerprint density at radius 1 is 0.857 bits per heavy atom. The van der Waals surface area contributed by atoms with E-state index in [4.69, 9.17) is 0 Å². The van der Waals surface area contributed by atoms with Crippen LogP contribution in [0.4, 0.5) is 0 Å². The first-order valence-corrected chi connectivity index (χ1v) is 12.6. The Bertz CT molecular complexity index is 1130. The lowest BCUT2D eigenvalue weighted by molar-refractivity contribution is -0.129. The third-order valence-electron chi connectivity index (χ3n) is 6.85. The molecule has 0 unspecified atom stereocenters. The van der Waals surface area contributed by atoms with E-state index in [2.05, 4.69) is 31.2 Å². The lowest BCUT2D eigenvalue weighted by Gasteiger charge is -2.39. The van der Waals surface area contributed by atoms with Gasteiger partial charge in [0, 0.05) is 18.7 Å². The second kappa shape index (κ2) is 12.0. The van der Waals surface area contributed by atoms with E-state index in [1.165, 1.54) is 11.1 Å². The molecule has 1 fully saturated rings. The Morgan fingerprint density at radius 2 is 1.43 bits per heavy atom. The van der Waals surface area contributed by atoms with Gasteiger partial charge in [-0.25, -0.2) is 0 Å². The Kier molecular flexibility index (Phi) is 9.06. The number of amides is 1. The normalized spacial score (nSPS) is 14.5. The summed E-state index contributed by atoms with van der Waals surface area (Å²) in [6.45, 7) is 11.4. The fraction of sp³-hybridized carbons (Fsp3) is 0.344. The number of aryl methyl sites for hydroxylation is 3. The highest BCUT2D eigenvalue weighted by Crippen LogP contribution is 2.34. The maximum absolute atomic E-state index is 13.3. The summed E-state index contributed by atoms with van der Waals surface area (Å²) in [6, 6.07) is 26.5. The third kappa shape index (κ3) is 6.70. The van der Waals surface area contributed by atoms with Crippen LogP contribution in [0.5, 0.6) is 0 Å². The number of likely N-dealkylation sites (tertiary alicyclic amines) is 1. The maximum Gasteiger partial charge on any atom is 0.254 e. The number of carbonyl (C=O) groups excluding carboxylic acids is 1. The van der Waals surface area contributed by atoms with Gasteiger partial charge in [0.05, 0.1) is 5.60 Å².